The van der Waals surface area contributed by atoms with Crippen molar-refractivity contribution in [2.24, 2.45) is 0 Å². The predicted molar refractivity (Wildman–Crippen MR) is 76.5 cm³/mol. The van der Waals surface area contributed by atoms with Gasteiger partial charge in [-0.1, -0.05) is 0 Å². The Kier molecular flexibility index (Phi) is 5.27. The van der Waals surface area contributed by atoms with E-state index in [0.717, 1.165) is 25.7 Å². The molecule has 0 unspecified atom stereocenters. The number of anilines is 1. The fourth-order valence-corrected chi connectivity index (χ4v) is 2.35. The zero-order chi connectivity index (χ0) is 14.5. The molecule has 6 nitrogen and oxygen atoms in total. The van der Waals surface area contributed by atoms with Crippen LogP contribution in [0.15, 0.2) is 16.6 Å². The zero-order valence-electron chi connectivity index (χ0n) is 10.8. The van der Waals surface area contributed by atoms with Gasteiger partial charge in [0, 0.05) is 26.2 Å². The summed E-state index contributed by atoms with van der Waals surface area (Å²) in [6, 6.07) is 2.31. The lowest BCUT2D eigenvalue weighted by atomic mass is 10.2. The Hall–Kier alpha value is -1.25. The van der Waals surface area contributed by atoms with Crippen LogP contribution in [-0.2, 0) is 4.74 Å². The molecule has 0 atom stereocenters. The van der Waals surface area contributed by atoms with Gasteiger partial charge in [-0.05, 0) is 22.0 Å². The summed E-state index contributed by atoms with van der Waals surface area (Å²) in [6.07, 6.45) is 0. The summed E-state index contributed by atoms with van der Waals surface area (Å²) in [4.78, 5) is 12.5. The fraction of sp³-hybridized carbons (Fsp3) is 0.500. The van der Waals surface area contributed by atoms with Gasteiger partial charge >= 0.3 is 0 Å². The Balaban J connectivity index is 1.97. The van der Waals surface area contributed by atoms with Crippen LogP contribution in [0, 0.1) is 15.9 Å². The molecule has 0 bridgehead atoms. The fourth-order valence-electron chi connectivity index (χ4n) is 2.00. The molecular weight excluding hydrogens is 333 g/mol. The maximum atomic E-state index is 13.3. The van der Waals surface area contributed by atoms with E-state index in [1.54, 1.807) is 0 Å². The second-order valence-electron chi connectivity index (χ2n) is 4.42. The number of ether oxygens (including phenoxy) is 1. The molecule has 1 aromatic rings. The lowest BCUT2D eigenvalue weighted by Crippen LogP contribution is -2.39. The minimum atomic E-state index is -0.643. The molecule has 1 fully saturated rings. The number of nitrogens with one attached hydrogen (secondary N) is 1. The highest BCUT2D eigenvalue weighted by atomic mass is 79.9. The highest BCUT2D eigenvalue weighted by molar-refractivity contribution is 9.10. The molecule has 0 radical (unpaired) electrons. The topological polar surface area (TPSA) is 67.6 Å². The number of nitrogens with zero attached hydrogens (tertiary/aromatic N) is 2. The van der Waals surface area contributed by atoms with Gasteiger partial charge in [-0.15, -0.1) is 0 Å². The first-order chi connectivity index (χ1) is 9.58. The predicted octanol–water partition coefficient (Wildman–Crippen LogP) is 2.24. The molecule has 1 saturated heterocycles. The molecule has 1 N–H and O–H groups in total. The first-order valence-electron chi connectivity index (χ1n) is 6.25. The van der Waals surface area contributed by atoms with Gasteiger partial charge in [0.15, 0.2) is 0 Å². The normalized spacial score (nSPS) is 16.1. The number of hydrogen-bond donors (Lipinski definition) is 1. The van der Waals surface area contributed by atoms with Gasteiger partial charge in [-0.3, -0.25) is 15.0 Å². The van der Waals surface area contributed by atoms with E-state index < -0.39 is 10.7 Å². The monoisotopic (exact) mass is 347 g/mol. The van der Waals surface area contributed by atoms with Crippen LogP contribution in [-0.4, -0.2) is 49.2 Å². The highest BCUT2D eigenvalue weighted by Crippen LogP contribution is 2.30. The summed E-state index contributed by atoms with van der Waals surface area (Å²) in [5.41, 5.74) is 0.0595. The molecule has 1 aromatic carbocycles. The second kappa shape index (κ2) is 6.96. The number of halogens is 2. The smallest absolute Gasteiger partial charge is 0.295 e. The first kappa shape index (κ1) is 15.1. The average molecular weight is 348 g/mol. The van der Waals surface area contributed by atoms with Crippen molar-refractivity contribution in [3.63, 3.8) is 0 Å². The number of hydrogen-bond acceptors (Lipinski definition) is 5. The van der Waals surface area contributed by atoms with Gasteiger partial charge in [0.05, 0.1) is 28.7 Å². The van der Waals surface area contributed by atoms with Crippen molar-refractivity contribution in [2.75, 3.05) is 44.7 Å². The Morgan fingerprint density at radius 2 is 2.15 bits per heavy atom. The minimum absolute atomic E-state index is 0.206. The number of nitro groups is 1. The quantitative estimate of drug-likeness (QED) is 0.653. The molecule has 1 aliphatic heterocycles. The molecule has 0 amide bonds. The van der Waals surface area contributed by atoms with Crippen molar-refractivity contribution in [2.45, 2.75) is 0 Å². The largest absolute Gasteiger partial charge is 0.379 e. The second-order valence-corrected chi connectivity index (χ2v) is 5.28. The molecule has 0 saturated carbocycles. The summed E-state index contributed by atoms with van der Waals surface area (Å²) in [5.74, 6) is -0.643. The third-order valence-corrected chi connectivity index (χ3v) is 3.69. The highest BCUT2D eigenvalue weighted by Gasteiger charge is 2.18. The summed E-state index contributed by atoms with van der Waals surface area (Å²) >= 11 is 3.03. The van der Waals surface area contributed by atoms with Crippen LogP contribution < -0.4 is 5.32 Å². The summed E-state index contributed by atoms with van der Waals surface area (Å²) in [6.45, 7) is 4.45. The van der Waals surface area contributed by atoms with Crippen LogP contribution in [0.25, 0.3) is 0 Å². The number of benzene rings is 1. The lowest BCUT2D eigenvalue weighted by molar-refractivity contribution is -0.384. The van der Waals surface area contributed by atoms with E-state index in [9.17, 15) is 14.5 Å². The van der Waals surface area contributed by atoms with Gasteiger partial charge in [0.25, 0.3) is 5.69 Å². The van der Waals surface area contributed by atoms with Gasteiger partial charge in [-0.25, -0.2) is 4.39 Å². The molecule has 1 aliphatic rings. The van der Waals surface area contributed by atoms with Crippen LogP contribution in [0.1, 0.15) is 0 Å². The molecule has 0 aromatic heterocycles. The maximum Gasteiger partial charge on any atom is 0.295 e. The van der Waals surface area contributed by atoms with Crippen molar-refractivity contribution >= 4 is 27.3 Å². The van der Waals surface area contributed by atoms with Crippen LogP contribution >= 0.6 is 15.9 Å². The number of morpholine rings is 1. The molecule has 1 heterocycles. The zero-order valence-corrected chi connectivity index (χ0v) is 12.4. The van der Waals surface area contributed by atoms with Crippen LogP contribution in [0.2, 0.25) is 0 Å². The number of rotatable bonds is 5. The van der Waals surface area contributed by atoms with Crippen molar-refractivity contribution in [1.29, 1.82) is 0 Å². The van der Waals surface area contributed by atoms with E-state index in [4.69, 9.17) is 4.74 Å². The first-order valence-corrected chi connectivity index (χ1v) is 7.04. The molecule has 0 spiro atoms. The standard InChI is InChI=1S/C12H15BrFN3O3/c13-9-7-11(12(17(18)19)8-10(9)14)15-1-2-16-3-5-20-6-4-16/h7-8,15H,1-6H2. The molecule has 0 aliphatic carbocycles. The van der Waals surface area contributed by atoms with E-state index in [1.165, 1.54) is 6.07 Å². The Morgan fingerprint density at radius 1 is 1.45 bits per heavy atom. The van der Waals surface area contributed by atoms with Crippen molar-refractivity contribution in [1.82, 2.24) is 4.90 Å². The van der Waals surface area contributed by atoms with Gasteiger partial charge in [-0.2, -0.15) is 0 Å². The van der Waals surface area contributed by atoms with Crippen molar-refractivity contribution in [3.05, 3.63) is 32.5 Å². The average Bonchev–Trinajstić information content (AvgIpc) is 2.43. The van der Waals surface area contributed by atoms with E-state index in [-0.39, 0.29) is 10.2 Å². The molecular formula is C12H15BrFN3O3. The third-order valence-electron chi connectivity index (χ3n) is 3.08. The van der Waals surface area contributed by atoms with Crippen LogP contribution in [0.4, 0.5) is 15.8 Å². The van der Waals surface area contributed by atoms with E-state index >= 15 is 0 Å². The van der Waals surface area contributed by atoms with Gasteiger partial charge in [0.1, 0.15) is 11.5 Å². The van der Waals surface area contributed by atoms with Crippen molar-refractivity contribution in [3.8, 4) is 0 Å². The summed E-state index contributed by atoms with van der Waals surface area (Å²) < 4.78 is 18.8. The molecule has 20 heavy (non-hydrogen) atoms. The van der Waals surface area contributed by atoms with E-state index in [1.807, 2.05) is 0 Å². The van der Waals surface area contributed by atoms with E-state index in [0.29, 0.717) is 25.4 Å². The summed E-state index contributed by atoms with van der Waals surface area (Å²) in [7, 11) is 0. The van der Waals surface area contributed by atoms with Crippen LogP contribution in [0.5, 0.6) is 0 Å². The Bertz CT molecular complexity index is 495. The summed E-state index contributed by atoms with van der Waals surface area (Å²) in [5, 5.41) is 13.9. The Morgan fingerprint density at radius 3 is 2.80 bits per heavy atom. The molecule has 110 valence electrons. The third kappa shape index (κ3) is 3.87. The lowest BCUT2D eigenvalue weighted by Gasteiger charge is -2.26. The van der Waals surface area contributed by atoms with Gasteiger partial charge in [0.2, 0.25) is 0 Å². The number of nitro benzene ring substituents is 1. The van der Waals surface area contributed by atoms with Gasteiger partial charge < -0.3 is 10.1 Å². The molecule has 2 rings (SSSR count). The van der Waals surface area contributed by atoms with Crippen molar-refractivity contribution < 1.29 is 14.1 Å². The Labute approximate surface area is 124 Å². The molecule has 8 heteroatoms. The SMILES string of the molecule is O=[N+]([O-])c1cc(F)c(Br)cc1NCCN1CCOCC1. The maximum absolute atomic E-state index is 13.3. The van der Waals surface area contributed by atoms with E-state index in [2.05, 4.69) is 26.1 Å². The minimum Gasteiger partial charge on any atom is -0.379 e. The van der Waals surface area contributed by atoms with Crippen LogP contribution in [0.3, 0.4) is 0 Å².